The first kappa shape index (κ1) is 43.3. The molecule has 0 bridgehead atoms. The number of pyridine rings is 1. The Hall–Kier alpha value is -4.25. The summed E-state index contributed by atoms with van der Waals surface area (Å²) in [6.07, 6.45) is 6.15. The number of carbonyl (C=O) groups is 3. The maximum Gasteiger partial charge on any atom is 0.387 e. The molecular formula is C40H44Cl2F2N3O10S-. The van der Waals surface area contributed by atoms with Gasteiger partial charge in [-0.25, -0.2) is 4.79 Å². The van der Waals surface area contributed by atoms with Gasteiger partial charge in [-0.2, -0.15) is 8.78 Å². The summed E-state index contributed by atoms with van der Waals surface area (Å²) in [5.74, 6) is -1.58. The average molecular weight is 868 g/mol. The summed E-state index contributed by atoms with van der Waals surface area (Å²) in [5, 5.41) is 0.406. The molecule has 1 aliphatic heterocycles. The predicted molar refractivity (Wildman–Crippen MR) is 209 cm³/mol. The third-order valence-electron chi connectivity index (χ3n) is 9.63. The van der Waals surface area contributed by atoms with E-state index in [2.05, 4.69) is 4.98 Å². The molecule has 13 nitrogen and oxygen atoms in total. The lowest BCUT2D eigenvalue weighted by Gasteiger charge is -2.30. The van der Waals surface area contributed by atoms with Crippen LogP contribution in [-0.2, 0) is 36.8 Å². The second kappa shape index (κ2) is 18.8. The van der Waals surface area contributed by atoms with E-state index in [1.807, 2.05) is 0 Å². The Bertz CT molecular complexity index is 1990. The minimum Gasteiger partial charge on any atom is -0.755 e. The van der Waals surface area contributed by atoms with E-state index >= 15 is 0 Å². The van der Waals surface area contributed by atoms with Gasteiger partial charge in [0.25, 0.3) is 5.91 Å². The van der Waals surface area contributed by atoms with E-state index in [0.29, 0.717) is 30.1 Å². The summed E-state index contributed by atoms with van der Waals surface area (Å²) in [5.41, 5.74) is -0.125. The number of anilines is 1. The SMILES string of the molecule is CC(C)(C)OC(=O)CN(c1cc(C(=O)N2CCC[C@H]2C(=O)O[C@@H](Cc2c(Cl)cncc2Cl)c2ccc(OC(F)F)c(OCC3CC3)c2)ccc1OCC1CC1)S(=O)[O-]. The van der Waals surface area contributed by atoms with Crippen LogP contribution in [0.5, 0.6) is 17.2 Å². The standard InChI is InChI=1S/C40H45Cl2F2N3O10S/c1-40(2,3)57-36(48)20-47(58(51)52)31-15-26(11-12-32(31)53-21-23-6-7-23)37(49)46-14-4-5-30(46)38(50)55-34(17-27-28(41)18-45-19-29(27)42)25-10-13-33(56-39(43)44)35(16-25)54-22-24-8-9-24/h10-13,15-16,18-19,23-24,30,34,39H,4-9,14,17,20-22H2,1-3H3,(H,51,52)/p-1/t30-,34-/m0/s1. The van der Waals surface area contributed by atoms with Gasteiger partial charge in [0, 0.05) is 42.2 Å². The molecule has 58 heavy (non-hydrogen) atoms. The lowest BCUT2D eigenvalue weighted by molar-refractivity contribution is -0.154. The molecule has 2 aromatic carbocycles. The van der Waals surface area contributed by atoms with Crippen molar-refractivity contribution >= 4 is 58.0 Å². The van der Waals surface area contributed by atoms with Crippen LogP contribution in [0.1, 0.15) is 86.9 Å². The second-order valence-electron chi connectivity index (χ2n) is 15.5. The molecule has 314 valence electrons. The molecule has 3 atom stereocenters. The van der Waals surface area contributed by atoms with Crippen LogP contribution in [-0.4, -0.2) is 81.0 Å². The van der Waals surface area contributed by atoms with Crippen LogP contribution >= 0.6 is 23.2 Å². The molecule has 1 saturated heterocycles. The molecule has 6 rings (SSSR count). The number of rotatable bonds is 18. The Morgan fingerprint density at radius 3 is 2.19 bits per heavy atom. The Balaban J connectivity index is 1.28. The van der Waals surface area contributed by atoms with Crippen LogP contribution in [0.2, 0.25) is 10.0 Å². The summed E-state index contributed by atoms with van der Waals surface area (Å²) < 4.78 is 80.7. The highest BCUT2D eigenvalue weighted by Gasteiger charge is 2.38. The highest BCUT2D eigenvalue weighted by Crippen LogP contribution is 2.39. The first-order valence-electron chi connectivity index (χ1n) is 18.9. The minimum absolute atomic E-state index is 0.0343. The molecule has 2 aliphatic carbocycles. The first-order chi connectivity index (χ1) is 27.6. The van der Waals surface area contributed by atoms with Gasteiger partial charge in [0.05, 0.1) is 28.9 Å². The fraction of sp³-hybridized carbons (Fsp3) is 0.500. The lowest BCUT2D eigenvalue weighted by Crippen LogP contribution is -2.42. The van der Waals surface area contributed by atoms with E-state index < -0.39 is 60.0 Å². The van der Waals surface area contributed by atoms with Crippen molar-refractivity contribution in [3.63, 3.8) is 0 Å². The molecule has 0 N–H and O–H groups in total. The van der Waals surface area contributed by atoms with Crippen molar-refractivity contribution in [2.24, 2.45) is 11.8 Å². The zero-order chi connectivity index (χ0) is 41.7. The van der Waals surface area contributed by atoms with Crippen molar-refractivity contribution < 1.29 is 55.6 Å². The number of carbonyl (C=O) groups excluding carboxylic acids is 3. The molecule has 2 saturated carbocycles. The predicted octanol–water partition coefficient (Wildman–Crippen LogP) is 7.64. The number of esters is 2. The van der Waals surface area contributed by atoms with Gasteiger partial charge in [0.15, 0.2) is 11.5 Å². The number of likely N-dealkylation sites (tertiary alicyclic amines) is 1. The van der Waals surface area contributed by atoms with Crippen LogP contribution < -0.4 is 18.5 Å². The number of alkyl halides is 2. The zero-order valence-corrected chi connectivity index (χ0v) is 34.5. The molecule has 2 heterocycles. The number of hydrogen-bond acceptors (Lipinski definition) is 11. The lowest BCUT2D eigenvalue weighted by atomic mass is 10.0. The summed E-state index contributed by atoms with van der Waals surface area (Å²) in [6.45, 7) is 1.94. The van der Waals surface area contributed by atoms with Crippen molar-refractivity contribution in [2.45, 2.75) is 90.1 Å². The fourth-order valence-corrected chi connectivity index (χ4v) is 7.41. The van der Waals surface area contributed by atoms with Gasteiger partial charge in [0.2, 0.25) is 0 Å². The third kappa shape index (κ3) is 11.7. The minimum atomic E-state index is -3.11. The van der Waals surface area contributed by atoms with Crippen LogP contribution in [0.4, 0.5) is 14.5 Å². The molecule has 1 aromatic heterocycles. The normalized spacial score (nSPS) is 17.7. The summed E-state index contributed by atoms with van der Waals surface area (Å²) in [4.78, 5) is 46.5. The quantitative estimate of drug-likeness (QED) is 0.0915. The third-order valence-corrected chi connectivity index (χ3v) is 11.0. The summed E-state index contributed by atoms with van der Waals surface area (Å²) in [6, 6.07) is 7.43. The van der Waals surface area contributed by atoms with Crippen molar-refractivity contribution in [3.8, 4) is 17.2 Å². The number of ether oxygens (including phenoxy) is 5. The largest absolute Gasteiger partial charge is 0.755 e. The molecule has 1 unspecified atom stereocenters. The van der Waals surface area contributed by atoms with E-state index in [4.69, 9.17) is 46.9 Å². The Kier molecular flexibility index (Phi) is 14.0. The highest BCUT2D eigenvalue weighted by molar-refractivity contribution is 7.80. The molecule has 3 aromatic rings. The summed E-state index contributed by atoms with van der Waals surface area (Å²) in [7, 11) is 0. The maximum atomic E-state index is 14.2. The van der Waals surface area contributed by atoms with E-state index in [1.54, 1.807) is 20.8 Å². The Labute approximate surface area is 347 Å². The number of benzene rings is 2. The van der Waals surface area contributed by atoms with Gasteiger partial charge in [-0.1, -0.05) is 29.3 Å². The Morgan fingerprint density at radius 2 is 1.59 bits per heavy atom. The molecule has 1 amide bonds. The van der Waals surface area contributed by atoms with Gasteiger partial charge in [0.1, 0.15) is 30.0 Å². The number of amides is 1. The molecule has 0 spiro atoms. The van der Waals surface area contributed by atoms with Crippen LogP contribution in [0, 0.1) is 11.8 Å². The fourth-order valence-electron chi connectivity index (χ4n) is 6.38. The topological polar surface area (TPSA) is 157 Å². The van der Waals surface area contributed by atoms with Crippen molar-refractivity contribution in [1.82, 2.24) is 9.88 Å². The summed E-state index contributed by atoms with van der Waals surface area (Å²) >= 11 is 9.98. The van der Waals surface area contributed by atoms with Crippen LogP contribution in [0.3, 0.4) is 0 Å². The highest BCUT2D eigenvalue weighted by atomic mass is 35.5. The van der Waals surface area contributed by atoms with Gasteiger partial charge < -0.3 is 33.1 Å². The van der Waals surface area contributed by atoms with Crippen molar-refractivity contribution in [3.05, 3.63) is 75.5 Å². The number of nitrogens with zero attached hydrogens (tertiary/aromatic N) is 3. The second-order valence-corrected chi connectivity index (χ2v) is 17.2. The smallest absolute Gasteiger partial charge is 0.387 e. The van der Waals surface area contributed by atoms with Gasteiger partial charge in [-0.05, 0) is 113 Å². The van der Waals surface area contributed by atoms with E-state index in [9.17, 15) is 31.9 Å². The molecule has 3 aliphatic rings. The first-order valence-corrected chi connectivity index (χ1v) is 20.7. The maximum absolute atomic E-state index is 14.2. The number of halogens is 4. The van der Waals surface area contributed by atoms with Crippen LogP contribution in [0.25, 0.3) is 0 Å². The molecule has 0 radical (unpaired) electrons. The van der Waals surface area contributed by atoms with E-state index in [-0.39, 0.29) is 70.5 Å². The average Bonchev–Trinajstić information content (AvgIpc) is 4.10. The van der Waals surface area contributed by atoms with Crippen molar-refractivity contribution in [2.75, 3.05) is 30.6 Å². The van der Waals surface area contributed by atoms with E-state index in [1.165, 1.54) is 53.7 Å². The van der Waals surface area contributed by atoms with Gasteiger partial charge >= 0.3 is 18.6 Å². The Morgan fingerprint density at radius 1 is 0.948 bits per heavy atom. The number of hydrogen-bond donors (Lipinski definition) is 0. The van der Waals surface area contributed by atoms with Crippen LogP contribution in [0.15, 0.2) is 48.8 Å². The van der Waals surface area contributed by atoms with E-state index in [0.717, 1.165) is 30.0 Å². The zero-order valence-electron chi connectivity index (χ0n) is 32.1. The molecule has 3 fully saturated rings. The van der Waals surface area contributed by atoms with Crippen molar-refractivity contribution in [1.29, 1.82) is 0 Å². The number of aromatic nitrogens is 1. The molecule has 18 heteroatoms. The van der Waals surface area contributed by atoms with Gasteiger partial charge in [-0.15, -0.1) is 0 Å². The van der Waals surface area contributed by atoms with Gasteiger partial charge in [-0.3, -0.25) is 23.1 Å². The molecular weight excluding hydrogens is 823 g/mol. The monoisotopic (exact) mass is 866 g/mol.